The zero-order chi connectivity index (χ0) is 61.1. The molecule has 8 aromatic rings. The number of anilines is 3. The molecule has 6 aromatic heterocycles. The molecule has 3 N–H and O–H groups in total. The fourth-order valence-electron chi connectivity index (χ4n) is 7.19. The summed E-state index contributed by atoms with van der Waals surface area (Å²) in [5.41, 5.74) is 7.80. The van der Waals surface area contributed by atoms with Gasteiger partial charge in [0.2, 0.25) is 20.9 Å². The van der Waals surface area contributed by atoms with Crippen molar-refractivity contribution in [1.82, 2.24) is 48.6 Å². The Balaban J connectivity index is 0.000000307. The van der Waals surface area contributed by atoms with Crippen LogP contribution in [0.25, 0.3) is 22.5 Å². The van der Waals surface area contributed by atoms with Crippen LogP contribution in [0.2, 0.25) is 46.3 Å². The molecule has 0 aliphatic rings. The third-order valence-corrected chi connectivity index (χ3v) is 24.6. The fraction of sp³-hybridized carbons (Fsp3) is 0.357. The third kappa shape index (κ3) is 18.9. The Morgan fingerprint density at radius 2 is 1.08 bits per heavy atom. The van der Waals surface area contributed by atoms with Crippen LogP contribution in [0.3, 0.4) is 0 Å². The van der Waals surface area contributed by atoms with Crippen molar-refractivity contribution in [1.29, 1.82) is 0 Å². The van der Waals surface area contributed by atoms with E-state index in [9.17, 15) is 26.8 Å². The van der Waals surface area contributed by atoms with Crippen molar-refractivity contribution in [3.05, 3.63) is 176 Å². The van der Waals surface area contributed by atoms with Crippen LogP contribution < -0.4 is 22.2 Å². The topological polar surface area (TPSA) is 222 Å². The lowest BCUT2D eigenvalue weighted by Gasteiger charge is -2.37. The van der Waals surface area contributed by atoms with Gasteiger partial charge in [-0.05, 0) is 107 Å². The van der Waals surface area contributed by atoms with Crippen molar-refractivity contribution in [2.45, 2.75) is 95.0 Å². The number of benzene rings is 2. The Labute approximate surface area is 527 Å². The van der Waals surface area contributed by atoms with E-state index in [0.717, 1.165) is 12.1 Å². The van der Waals surface area contributed by atoms with E-state index in [1.807, 2.05) is 24.1 Å². The molecule has 0 bridgehead atoms. The molecule has 0 spiro atoms. The molecule has 0 aliphatic heterocycles. The van der Waals surface area contributed by atoms with Gasteiger partial charge in [0.05, 0.1) is 59.1 Å². The van der Waals surface area contributed by atoms with Gasteiger partial charge in [-0.1, -0.05) is 99.5 Å². The Kier molecular flexibility index (Phi) is 25.1. The molecular formula is C56H72Cl2F2I2N12O6SSi2. The quantitative estimate of drug-likeness (QED) is 0.0422. The number of nitrogens with two attached hydrogens (primary N) is 1. The molecule has 2 aromatic carbocycles. The summed E-state index contributed by atoms with van der Waals surface area (Å²) in [5, 5.41) is 10.7. The summed E-state index contributed by atoms with van der Waals surface area (Å²) in [4.78, 5) is 45.3. The minimum absolute atomic E-state index is 0. The second kappa shape index (κ2) is 29.7. The van der Waals surface area contributed by atoms with Crippen molar-refractivity contribution in [2.75, 3.05) is 35.5 Å². The summed E-state index contributed by atoms with van der Waals surface area (Å²) in [6.07, 6.45) is 10.6. The maximum absolute atomic E-state index is 14.4. The maximum Gasteiger partial charge on any atom is 0.251 e. The highest BCUT2D eigenvalue weighted by Gasteiger charge is 2.39. The van der Waals surface area contributed by atoms with E-state index in [1.54, 1.807) is 82.3 Å². The predicted molar refractivity (Wildman–Crippen MR) is 351 cm³/mol. The second-order valence-electron chi connectivity index (χ2n) is 22.0. The number of sulfone groups is 1. The van der Waals surface area contributed by atoms with Gasteiger partial charge in [0, 0.05) is 74.5 Å². The van der Waals surface area contributed by atoms with E-state index in [4.69, 9.17) is 37.8 Å². The van der Waals surface area contributed by atoms with Crippen molar-refractivity contribution in [3.8, 4) is 22.5 Å². The normalized spacial score (nSPS) is 12.5. The molecule has 0 aliphatic carbocycles. The molecule has 448 valence electrons. The van der Waals surface area contributed by atoms with Gasteiger partial charge in [-0.15, -0.1) is 24.0 Å². The van der Waals surface area contributed by atoms with Gasteiger partial charge in [-0.3, -0.25) is 19.0 Å². The number of rotatable bonds is 15. The Hall–Kier alpha value is -5.28. The van der Waals surface area contributed by atoms with Crippen LogP contribution in [0.1, 0.15) is 64.8 Å². The maximum atomic E-state index is 14.4. The Morgan fingerprint density at radius 1 is 0.651 bits per heavy atom. The summed E-state index contributed by atoms with van der Waals surface area (Å²) in [6.45, 7) is 21.7. The first-order valence-corrected chi connectivity index (χ1v) is 36.2. The largest absolute Gasteiger partial charge is 0.414 e. The van der Waals surface area contributed by atoms with Crippen LogP contribution in [0, 0.1) is 11.6 Å². The van der Waals surface area contributed by atoms with Crippen LogP contribution >= 0.6 is 69.8 Å². The molecule has 0 radical (unpaired) electrons. The number of pyridine rings is 2. The minimum Gasteiger partial charge on any atom is -0.414 e. The van der Waals surface area contributed by atoms with Crippen LogP contribution in [-0.4, -0.2) is 98.1 Å². The highest BCUT2D eigenvalue weighted by Crippen LogP contribution is 2.39. The highest BCUT2D eigenvalue weighted by atomic mass is 127. The molecule has 18 nitrogen and oxygen atoms in total. The highest BCUT2D eigenvalue weighted by molar-refractivity contribution is 14.1. The predicted octanol–water partition coefficient (Wildman–Crippen LogP) is 13.0. The smallest absolute Gasteiger partial charge is 0.251 e. The lowest BCUT2D eigenvalue weighted by Crippen LogP contribution is -2.43. The number of hydrogen-bond donors (Lipinski definition) is 2. The monoisotopic (exact) mass is 1460 g/mol. The van der Waals surface area contributed by atoms with Crippen molar-refractivity contribution >= 4 is 114 Å². The number of nitrogen functional groups attached to an aromatic ring is 1. The van der Waals surface area contributed by atoms with Crippen molar-refractivity contribution < 1.29 is 26.1 Å². The molecule has 0 unspecified atom stereocenters. The van der Waals surface area contributed by atoms with Gasteiger partial charge < -0.3 is 29.0 Å². The van der Waals surface area contributed by atoms with Gasteiger partial charge in [0.1, 0.15) is 23.3 Å². The number of alkyl halides is 1. The zero-order valence-electron chi connectivity index (χ0n) is 48.8. The van der Waals surface area contributed by atoms with Crippen molar-refractivity contribution in [3.63, 3.8) is 0 Å². The average Bonchev–Trinajstić information content (AvgIpc) is 4.17. The fourth-order valence-corrected chi connectivity index (χ4v) is 9.96. The van der Waals surface area contributed by atoms with Crippen LogP contribution in [-0.2, 0) is 32.8 Å². The summed E-state index contributed by atoms with van der Waals surface area (Å²) in [6, 6.07) is 21.1. The van der Waals surface area contributed by atoms with E-state index >= 15 is 0 Å². The number of halogens is 6. The average molecular weight is 1460 g/mol. The molecular weight excluding hydrogens is 1390 g/mol. The summed E-state index contributed by atoms with van der Waals surface area (Å²) in [5.74, 6) is 0.686. The van der Waals surface area contributed by atoms with Gasteiger partial charge >= 0.3 is 0 Å². The Morgan fingerprint density at radius 3 is 1.45 bits per heavy atom. The van der Waals surface area contributed by atoms with E-state index in [0.29, 0.717) is 45.4 Å². The Bertz CT molecular complexity index is 3690. The van der Waals surface area contributed by atoms with Gasteiger partial charge in [0.25, 0.3) is 11.1 Å². The summed E-state index contributed by atoms with van der Waals surface area (Å²) < 4.78 is 71.6. The molecule has 0 fully saturated rings. The molecule has 6 heterocycles. The van der Waals surface area contributed by atoms with Gasteiger partial charge in [-0.2, -0.15) is 10.2 Å². The third-order valence-electron chi connectivity index (χ3n) is 14.2. The zero-order valence-corrected chi connectivity index (χ0v) is 57.6. The molecule has 27 heteroatoms. The first-order valence-electron chi connectivity index (χ1n) is 25.6. The number of aryl methyl sites for hydroxylation is 2. The van der Waals surface area contributed by atoms with E-state index in [-0.39, 0.29) is 73.6 Å². The molecule has 0 saturated carbocycles. The molecule has 0 amide bonds. The molecule has 0 saturated heterocycles. The van der Waals surface area contributed by atoms with Crippen LogP contribution in [0.15, 0.2) is 137 Å². The summed E-state index contributed by atoms with van der Waals surface area (Å²) >= 11 is 14.0. The first-order chi connectivity index (χ1) is 38.3. The molecule has 83 heavy (non-hydrogen) atoms. The van der Waals surface area contributed by atoms with Crippen LogP contribution in [0.5, 0.6) is 0 Å². The number of nitrogens with one attached hydrogen (secondary N) is 1. The van der Waals surface area contributed by atoms with Crippen LogP contribution in [0.4, 0.5) is 26.4 Å². The molecule has 8 rings (SSSR count). The van der Waals surface area contributed by atoms with Gasteiger partial charge in [0.15, 0.2) is 16.6 Å². The van der Waals surface area contributed by atoms with E-state index < -0.39 is 50.2 Å². The SMILES string of the molecule is CC(C)(C)[Si](C)(C)OC[C@H](c1ccc(Cl)c(F)c1)n1ccc(-c2ccnc(S(C)(=O)=O)n2)cc1=O.CI.Cn1nccc1N.Cn1nccc1Nc1nccc(-c2ccn([C@H](CO[Si](C)(C)C(C)(C)C)c3ccc(Cl)c(F)c3)c(=O)c2)n1.I. The van der Waals surface area contributed by atoms with Gasteiger partial charge in [-0.25, -0.2) is 37.1 Å². The van der Waals surface area contributed by atoms with E-state index in [1.165, 1.54) is 53.2 Å². The van der Waals surface area contributed by atoms with Crippen molar-refractivity contribution in [2.24, 2.45) is 14.1 Å². The second-order valence-corrected chi connectivity index (χ2v) is 34.3. The lowest BCUT2D eigenvalue weighted by molar-refractivity contribution is 0.245. The summed E-state index contributed by atoms with van der Waals surface area (Å²) in [7, 11) is -4.31. The first kappa shape index (κ1) is 70.2. The molecule has 2 atom stereocenters. The standard InChI is InChI=1S/C27H32ClFN6O2Si.C24H29ClFN3O4SSi.C4H7N3.CH3I.HI/c1-27(2,3)38(5,6)37-17-23(19-7-8-20(28)21(29)15-19)35-14-11-18(16-25(35)36)22-9-12-30-26(32-22)33-24-10-13-31-34(24)4;1-24(2,3)35(5,6)33-15-21(17-7-8-18(25)19(26)13-17)29-12-10-16(14-22(29)30)20-9-11-27-23(28-20)34(4,31)32;1-7-4(5)2-3-6-7;1-2;/h7-16,23H,17H2,1-6H3,(H,30,32,33);7-14,21H,15H2,1-6H3;2-3H,5H2,1H3;1H3;1H/t23-;21-;;;/m11.../s1. The lowest BCUT2D eigenvalue weighted by atomic mass is 10.1. The number of hydrogen-bond acceptors (Lipinski definition) is 14. The van der Waals surface area contributed by atoms with E-state index in [2.05, 4.69) is 126 Å². The number of aromatic nitrogens is 10. The minimum atomic E-state index is -3.61. The number of nitrogens with zero attached hydrogens (tertiary/aromatic N) is 10.